The van der Waals surface area contributed by atoms with E-state index in [4.69, 9.17) is 11.6 Å². The maximum absolute atomic E-state index is 12.2. The van der Waals surface area contributed by atoms with E-state index in [1.807, 2.05) is 6.07 Å². The molecule has 0 radical (unpaired) electrons. The van der Waals surface area contributed by atoms with Gasteiger partial charge in [-0.15, -0.1) is 0 Å². The van der Waals surface area contributed by atoms with Gasteiger partial charge in [0.2, 0.25) is 0 Å². The summed E-state index contributed by atoms with van der Waals surface area (Å²) in [5, 5.41) is 17.7. The molecule has 9 heteroatoms. The Kier molecular flexibility index (Phi) is 6.74. The smallest absolute Gasteiger partial charge is 0.288 e. The quantitative estimate of drug-likeness (QED) is 0.332. The average Bonchev–Trinajstić information content (AvgIpc) is 2.78. The fourth-order valence-electron chi connectivity index (χ4n) is 2.65. The van der Waals surface area contributed by atoms with Crippen LogP contribution in [0.15, 0.2) is 77.9 Å². The van der Waals surface area contributed by atoms with Gasteiger partial charge in [0, 0.05) is 22.9 Å². The van der Waals surface area contributed by atoms with E-state index in [-0.39, 0.29) is 22.2 Å². The molecule has 0 spiro atoms. The van der Waals surface area contributed by atoms with E-state index in [1.54, 1.807) is 55.5 Å². The van der Waals surface area contributed by atoms with Crippen molar-refractivity contribution < 1.29 is 14.5 Å². The molecule has 0 aliphatic carbocycles. The van der Waals surface area contributed by atoms with Gasteiger partial charge >= 0.3 is 0 Å². The fourth-order valence-corrected chi connectivity index (χ4v) is 2.83. The number of nitro benzene ring substituents is 1. The van der Waals surface area contributed by atoms with Crippen LogP contribution in [0, 0.1) is 10.1 Å². The van der Waals surface area contributed by atoms with Crippen LogP contribution in [0.3, 0.4) is 0 Å². The van der Waals surface area contributed by atoms with Gasteiger partial charge in [-0.25, -0.2) is 5.43 Å². The first-order chi connectivity index (χ1) is 14.8. The van der Waals surface area contributed by atoms with Gasteiger partial charge in [-0.05, 0) is 48.9 Å². The predicted octanol–water partition coefficient (Wildman–Crippen LogP) is 4.65. The Morgan fingerprint density at radius 3 is 2.19 bits per heavy atom. The van der Waals surface area contributed by atoms with Crippen molar-refractivity contribution in [2.75, 3.05) is 5.32 Å². The van der Waals surface area contributed by atoms with E-state index in [0.717, 1.165) is 11.6 Å². The van der Waals surface area contributed by atoms with Gasteiger partial charge in [-0.2, -0.15) is 5.10 Å². The number of hydrogen-bond acceptors (Lipinski definition) is 5. The molecular weight excluding hydrogens is 420 g/mol. The number of carbonyl (C=O) groups is 2. The molecule has 0 unspecified atom stereocenters. The monoisotopic (exact) mass is 436 g/mol. The first kappa shape index (κ1) is 21.7. The zero-order valence-electron chi connectivity index (χ0n) is 16.3. The van der Waals surface area contributed by atoms with E-state index in [2.05, 4.69) is 15.8 Å². The number of nitrogens with zero attached hydrogens (tertiary/aromatic N) is 2. The van der Waals surface area contributed by atoms with Crippen LogP contribution >= 0.6 is 11.6 Å². The molecule has 0 heterocycles. The highest BCUT2D eigenvalue weighted by molar-refractivity contribution is 6.32. The minimum atomic E-state index is -0.661. The maximum atomic E-state index is 12.2. The summed E-state index contributed by atoms with van der Waals surface area (Å²) < 4.78 is 0. The Hall–Kier alpha value is -4.04. The Labute approximate surface area is 182 Å². The molecule has 0 atom stereocenters. The van der Waals surface area contributed by atoms with Crippen molar-refractivity contribution in [1.82, 2.24) is 5.43 Å². The van der Waals surface area contributed by atoms with Crippen LogP contribution in [0.4, 0.5) is 11.4 Å². The molecule has 0 aromatic heterocycles. The molecule has 2 N–H and O–H groups in total. The van der Waals surface area contributed by atoms with Crippen LogP contribution in [0.1, 0.15) is 33.2 Å². The summed E-state index contributed by atoms with van der Waals surface area (Å²) in [6.45, 7) is 1.70. The zero-order chi connectivity index (χ0) is 22.4. The van der Waals surface area contributed by atoms with E-state index in [1.165, 1.54) is 12.1 Å². The summed E-state index contributed by atoms with van der Waals surface area (Å²) >= 11 is 5.76. The number of nitro groups is 1. The number of carbonyl (C=O) groups excluding carboxylic acids is 2. The highest BCUT2D eigenvalue weighted by atomic mass is 35.5. The van der Waals surface area contributed by atoms with Crippen molar-refractivity contribution in [3.8, 4) is 0 Å². The number of rotatable bonds is 6. The normalized spacial score (nSPS) is 11.0. The Morgan fingerprint density at radius 1 is 0.903 bits per heavy atom. The van der Waals surface area contributed by atoms with Gasteiger partial charge < -0.3 is 5.32 Å². The molecule has 0 bridgehead atoms. The third-order valence-electron chi connectivity index (χ3n) is 4.33. The number of benzene rings is 3. The summed E-state index contributed by atoms with van der Waals surface area (Å²) in [4.78, 5) is 34.7. The van der Waals surface area contributed by atoms with Crippen molar-refractivity contribution in [2.45, 2.75) is 6.92 Å². The highest BCUT2D eigenvalue weighted by Crippen LogP contribution is 2.25. The van der Waals surface area contributed by atoms with Crippen LogP contribution in [0.25, 0.3) is 0 Å². The number of hydrazone groups is 1. The van der Waals surface area contributed by atoms with Gasteiger partial charge in [-0.3, -0.25) is 19.7 Å². The lowest BCUT2D eigenvalue weighted by molar-refractivity contribution is -0.384. The van der Waals surface area contributed by atoms with E-state index >= 15 is 0 Å². The van der Waals surface area contributed by atoms with E-state index in [9.17, 15) is 19.7 Å². The van der Waals surface area contributed by atoms with Gasteiger partial charge in [0.05, 0.1) is 10.6 Å². The second kappa shape index (κ2) is 9.64. The Balaban J connectivity index is 1.65. The van der Waals surface area contributed by atoms with Gasteiger partial charge in [-0.1, -0.05) is 41.9 Å². The van der Waals surface area contributed by atoms with Crippen LogP contribution < -0.4 is 10.7 Å². The van der Waals surface area contributed by atoms with Gasteiger partial charge in [0.15, 0.2) is 0 Å². The third-order valence-corrected chi connectivity index (χ3v) is 4.65. The molecule has 0 saturated carbocycles. The van der Waals surface area contributed by atoms with Crippen molar-refractivity contribution in [3.05, 3.63) is 105 Å². The molecular formula is C22H17ClN4O4. The minimum Gasteiger partial charge on any atom is -0.322 e. The lowest BCUT2D eigenvalue weighted by Gasteiger charge is -2.07. The zero-order valence-corrected chi connectivity index (χ0v) is 17.1. The molecule has 3 aromatic rings. The van der Waals surface area contributed by atoms with Gasteiger partial charge in [0.1, 0.15) is 5.02 Å². The fraction of sp³-hybridized carbons (Fsp3) is 0.0455. The molecule has 156 valence electrons. The second-order valence-corrected chi connectivity index (χ2v) is 6.87. The molecule has 0 aliphatic rings. The predicted molar refractivity (Wildman–Crippen MR) is 119 cm³/mol. The first-order valence-electron chi connectivity index (χ1n) is 9.10. The Bertz CT molecular complexity index is 1160. The molecule has 2 amide bonds. The Morgan fingerprint density at radius 2 is 1.55 bits per heavy atom. The van der Waals surface area contributed by atoms with Crippen molar-refractivity contribution in [1.29, 1.82) is 0 Å². The largest absolute Gasteiger partial charge is 0.322 e. The van der Waals surface area contributed by atoms with Crippen LogP contribution in [-0.4, -0.2) is 22.4 Å². The molecule has 0 fully saturated rings. The standard InChI is InChI=1S/C22H17ClN4O4/c1-14(25-26-22(29)17-9-12-19(23)20(13-17)27(30)31)15-7-10-18(11-8-15)24-21(28)16-5-3-2-4-6-16/h2-13H,1H3,(H,24,28)(H,26,29)/b25-14+. The second-order valence-electron chi connectivity index (χ2n) is 6.46. The summed E-state index contributed by atoms with van der Waals surface area (Å²) in [6, 6.07) is 19.5. The number of nitrogens with one attached hydrogen (secondary N) is 2. The lowest BCUT2D eigenvalue weighted by atomic mass is 10.1. The number of hydrogen-bond donors (Lipinski definition) is 2. The number of halogens is 1. The molecule has 0 aliphatic heterocycles. The van der Waals surface area contributed by atoms with Crippen molar-refractivity contribution in [3.63, 3.8) is 0 Å². The average molecular weight is 437 g/mol. The number of amides is 2. The summed E-state index contributed by atoms with van der Waals surface area (Å²) in [7, 11) is 0. The molecule has 3 rings (SSSR count). The van der Waals surface area contributed by atoms with Crippen LogP contribution in [0.5, 0.6) is 0 Å². The molecule has 8 nitrogen and oxygen atoms in total. The first-order valence-corrected chi connectivity index (χ1v) is 9.48. The summed E-state index contributed by atoms with van der Waals surface area (Å²) in [5.74, 6) is -0.825. The van der Waals surface area contributed by atoms with Crippen molar-refractivity contribution in [2.24, 2.45) is 5.10 Å². The maximum Gasteiger partial charge on any atom is 0.288 e. The number of anilines is 1. The summed E-state index contributed by atoms with van der Waals surface area (Å²) in [6.07, 6.45) is 0. The summed E-state index contributed by atoms with van der Waals surface area (Å²) in [5.41, 5.74) is 4.47. The molecule has 31 heavy (non-hydrogen) atoms. The third kappa shape index (κ3) is 5.52. The molecule has 3 aromatic carbocycles. The van der Waals surface area contributed by atoms with Crippen LogP contribution in [0.2, 0.25) is 5.02 Å². The highest BCUT2D eigenvalue weighted by Gasteiger charge is 2.16. The SMILES string of the molecule is C/C(=N\NC(=O)c1ccc(Cl)c([N+](=O)[O-])c1)c1ccc(NC(=O)c2ccccc2)cc1. The molecule has 0 saturated heterocycles. The topological polar surface area (TPSA) is 114 Å². The minimum absolute atomic E-state index is 0.0549. The lowest BCUT2D eigenvalue weighted by Crippen LogP contribution is -2.19. The van der Waals surface area contributed by atoms with Crippen molar-refractivity contribution >= 4 is 40.5 Å². The van der Waals surface area contributed by atoms with Gasteiger partial charge in [0.25, 0.3) is 17.5 Å². The van der Waals surface area contributed by atoms with E-state index < -0.39 is 10.8 Å². The van der Waals surface area contributed by atoms with E-state index in [0.29, 0.717) is 17.0 Å². The van der Waals surface area contributed by atoms with Crippen LogP contribution in [-0.2, 0) is 0 Å².